The third kappa shape index (κ3) is 1.77. The highest BCUT2D eigenvalue weighted by atomic mass is 32.2. The fourth-order valence-electron chi connectivity index (χ4n) is 0.865. The van der Waals surface area contributed by atoms with Gasteiger partial charge in [-0.15, -0.1) is 0 Å². The van der Waals surface area contributed by atoms with Gasteiger partial charge in [0.2, 0.25) is 0 Å². The van der Waals surface area contributed by atoms with Crippen molar-refractivity contribution in [1.82, 2.24) is 4.90 Å². The molecule has 1 rings (SSSR count). The summed E-state index contributed by atoms with van der Waals surface area (Å²) < 4.78 is 0. The van der Waals surface area contributed by atoms with E-state index in [0.29, 0.717) is 5.17 Å². The van der Waals surface area contributed by atoms with Crippen molar-refractivity contribution in [2.24, 2.45) is 0 Å². The van der Waals surface area contributed by atoms with Crippen molar-refractivity contribution < 1.29 is 0 Å². The quantitative estimate of drug-likeness (QED) is 0.661. The molecule has 0 saturated carbocycles. The molecule has 56 valence electrons. The highest BCUT2D eigenvalue weighted by Gasteiger charge is 2.08. The maximum Gasteiger partial charge on any atom is 0.160 e. The molecule has 1 aliphatic heterocycles. The van der Waals surface area contributed by atoms with Crippen LogP contribution in [-0.2, 0) is 0 Å². The lowest BCUT2D eigenvalue weighted by Gasteiger charge is -2.22. The van der Waals surface area contributed by atoms with Crippen LogP contribution in [0.2, 0.25) is 0 Å². The van der Waals surface area contributed by atoms with Crippen molar-refractivity contribution >= 4 is 16.9 Å². The van der Waals surface area contributed by atoms with Crippen molar-refractivity contribution in [2.45, 2.75) is 13.3 Å². The van der Waals surface area contributed by atoms with E-state index in [4.69, 9.17) is 5.41 Å². The van der Waals surface area contributed by atoms with Crippen molar-refractivity contribution in [3.63, 3.8) is 0 Å². The Morgan fingerprint density at radius 2 is 2.60 bits per heavy atom. The van der Waals surface area contributed by atoms with Crippen molar-refractivity contribution in [3.05, 3.63) is 12.3 Å². The summed E-state index contributed by atoms with van der Waals surface area (Å²) in [7, 11) is 0. The van der Waals surface area contributed by atoms with E-state index < -0.39 is 0 Å². The average molecular weight is 156 g/mol. The molecule has 0 unspecified atom stereocenters. The first-order chi connectivity index (χ1) is 4.84. The van der Waals surface area contributed by atoms with Gasteiger partial charge < -0.3 is 4.90 Å². The summed E-state index contributed by atoms with van der Waals surface area (Å²) in [5.41, 5.74) is 0. The van der Waals surface area contributed by atoms with E-state index in [9.17, 15) is 0 Å². The van der Waals surface area contributed by atoms with Gasteiger partial charge in [0, 0.05) is 18.5 Å². The minimum Gasteiger partial charge on any atom is -0.328 e. The summed E-state index contributed by atoms with van der Waals surface area (Å²) >= 11 is 1.59. The molecule has 1 heterocycles. The number of thioether (sulfide) groups is 1. The van der Waals surface area contributed by atoms with Gasteiger partial charge >= 0.3 is 0 Å². The van der Waals surface area contributed by atoms with Gasteiger partial charge in [-0.1, -0.05) is 24.8 Å². The third-order valence-electron chi connectivity index (χ3n) is 1.33. The van der Waals surface area contributed by atoms with E-state index in [0.717, 1.165) is 18.7 Å². The lowest BCUT2D eigenvalue weighted by molar-refractivity contribution is 0.553. The Morgan fingerprint density at radius 1 is 1.80 bits per heavy atom. The van der Waals surface area contributed by atoms with Crippen LogP contribution in [0.4, 0.5) is 0 Å². The van der Waals surface area contributed by atoms with E-state index in [1.165, 1.54) is 0 Å². The summed E-state index contributed by atoms with van der Waals surface area (Å²) in [4.78, 5) is 1.98. The first kappa shape index (κ1) is 7.66. The van der Waals surface area contributed by atoms with Crippen LogP contribution >= 0.6 is 11.8 Å². The lowest BCUT2D eigenvalue weighted by Crippen LogP contribution is -2.25. The van der Waals surface area contributed by atoms with E-state index in [1.54, 1.807) is 11.8 Å². The van der Waals surface area contributed by atoms with E-state index in [2.05, 4.69) is 13.0 Å². The third-order valence-corrected chi connectivity index (χ3v) is 2.19. The fourth-order valence-corrected chi connectivity index (χ4v) is 1.52. The Balaban J connectivity index is 2.47. The van der Waals surface area contributed by atoms with Crippen LogP contribution in [0.5, 0.6) is 0 Å². The van der Waals surface area contributed by atoms with E-state index >= 15 is 0 Å². The number of hydrogen-bond donors (Lipinski definition) is 1. The summed E-state index contributed by atoms with van der Waals surface area (Å²) in [5, 5.41) is 8.17. The molecule has 0 spiro atoms. The van der Waals surface area contributed by atoms with Crippen molar-refractivity contribution in [2.75, 3.05) is 12.3 Å². The van der Waals surface area contributed by atoms with Gasteiger partial charge in [-0.3, -0.25) is 5.41 Å². The largest absolute Gasteiger partial charge is 0.328 e. The molecule has 0 aliphatic carbocycles. The molecule has 10 heavy (non-hydrogen) atoms. The Bertz CT molecular complexity index is 154. The standard InChI is InChI=1S/C7H12N2S/c1-2-4-9-5-3-6-10-7(9)8/h3,5,8H,2,4,6H2,1H3. The first-order valence-corrected chi connectivity index (χ1v) is 4.48. The van der Waals surface area contributed by atoms with Gasteiger partial charge in [-0.25, -0.2) is 0 Å². The number of nitrogens with one attached hydrogen (secondary N) is 1. The Morgan fingerprint density at radius 3 is 3.20 bits per heavy atom. The molecule has 0 radical (unpaired) electrons. The van der Waals surface area contributed by atoms with Crippen LogP contribution in [0.3, 0.4) is 0 Å². The van der Waals surface area contributed by atoms with Crippen LogP contribution in [-0.4, -0.2) is 22.4 Å². The molecular weight excluding hydrogens is 144 g/mol. The van der Waals surface area contributed by atoms with Crippen LogP contribution in [0.25, 0.3) is 0 Å². The first-order valence-electron chi connectivity index (χ1n) is 3.49. The number of nitrogens with zero attached hydrogens (tertiary/aromatic N) is 1. The average Bonchev–Trinajstić information content (AvgIpc) is 1.94. The van der Waals surface area contributed by atoms with Crippen LogP contribution in [0.1, 0.15) is 13.3 Å². The van der Waals surface area contributed by atoms with E-state index in [1.807, 2.05) is 11.1 Å². The molecule has 0 amide bonds. The molecule has 0 aromatic rings. The zero-order valence-electron chi connectivity index (χ0n) is 6.13. The summed E-state index contributed by atoms with van der Waals surface area (Å²) in [6, 6.07) is 0. The molecule has 0 fully saturated rings. The van der Waals surface area contributed by atoms with Gasteiger partial charge in [0.25, 0.3) is 0 Å². The van der Waals surface area contributed by atoms with Crippen molar-refractivity contribution in [3.8, 4) is 0 Å². The summed E-state index contributed by atoms with van der Waals surface area (Å²) in [6.45, 7) is 3.10. The fraction of sp³-hybridized carbons (Fsp3) is 0.571. The zero-order valence-corrected chi connectivity index (χ0v) is 6.95. The normalized spacial score (nSPS) is 18.1. The predicted molar refractivity (Wildman–Crippen MR) is 46.3 cm³/mol. The SMILES string of the molecule is CCCN1C=CCSC1=N. The molecule has 0 aromatic heterocycles. The smallest absolute Gasteiger partial charge is 0.160 e. The Kier molecular flexibility index (Phi) is 2.81. The molecule has 0 atom stereocenters. The molecule has 1 aliphatic rings. The maximum atomic E-state index is 7.49. The lowest BCUT2D eigenvalue weighted by atomic mass is 10.4. The number of rotatable bonds is 2. The molecule has 1 N–H and O–H groups in total. The second kappa shape index (κ2) is 3.66. The second-order valence-corrected chi connectivity index (χ2v) is 3.20. The van der Waals surface area contributed by atoms with Gasteiger partial charge in [0.1, 0.15) is 0 Å². The molecule has 2 nitrogen and oxygen atoms in total. The van der Waals surface area contributed by atoms with Gasteiger partial charge in [0.05, 0.1) is 0 Å². The molecule has 3 heteroatoms. The van der Waals surface area contributed by atoms with Crippen LogP contribution in [0.15, 0.2) is 12.3 Å². The van der Waals surface area contributed by atoms with Crippen LogP contribution < -0.4 is 0 Å². The topological polar surface area (TPSA) is 27.1 Å². The number of hydrogen-bond acceptors (Lipinski definition) is 2. The minimum atomic E-state index is 0.685. The predicted octanol–water partition coefficient (Wildman–Crippen LogP) is 1.89. The second-order valence-electron chi connectivity index (χ2n) is 2.19. The van der Waals surface area contributed by atoms with Gasteiger partial charge in [-0.2, -0.15) is 0 Å². The van der Waals surface area contributed by atoms with Gasteiger partial charge in [0.15, 0.2) is 5.17 Å². The summed E-state index contributed by atoms with van der Waals surface area (Å²) in [5.74, 6) is 0.957. The highest BCUT2D eigenvalue weighted by Crippen LogP contribution is 2.13. The maximum absolute atomic E-state index is 7.49. The van der Waals surface area contributed by atoms with Crippen molar-refractivity contribution in [1.29, 1.82) is 5.41 Å². The summed E-state index contributed by atoms with van der Waals surface area (Å²) in [6.07, 6.45) is 5.20. The monoisotopic (exact) mass is 156 g/mol. The highest BCUT2D eigenvalue weighted by molar-refractivity contribution is 8.13. The Hall–Kier alpha value is -0.440. The minimum absolute atomic E-state index is 0.685. The number of amidine groups is 1. The zero-order chi connectivity index (χ0) is 7.40. The van der Waals surface area contributed by atoms with E-state index in [-0.39, 0.29) is 0 Å². The molecular formula is C7H12N2S. The van der Waals surface area contributed by atoms with Crippen LogP contribution in [0, 0.1) is 5.41 Å². The molecule has 0 bridgehead atoms. The van der Waals surface area contributed by atoms with Gasteiger partial charge in [-0.05, 0) is 6.42 Å². The molecule has 0 saturated heterocycles. The molecule has 0 aromatic carbocycles. The Labute approximate surface area is 65.8 Å².